The molecule has 17 nitrogen and oxygen atoms in total. The molecule has 19 heteroatoms. The first-order chi connectivity index (χ1) is 49.7. The summed E-state index contributed by atoms with van der Waals surface area (Å²) in [6, 6.07) is 0. The number of aliphatic hydroxyl groups excluding tert-OH is 1. The van der Waals surface area contributed by atoms with Crippen LogP contribution in [0.25, 0.3) is 0 Å². The first-order valence-electron chi connectivity index (χ1n) is 40.8. The maximum absolute atomic E-state index is 13.1. The third kappa shape index (κ3) is 74.5. The van der Waals surface area contributed by atoms with Gasteiger partial charge < -0.3 is 33.8 Å². The number of unbranched alkanes of at least 4 members (excludes halogenated alkanes) is 37. The standard InChI is InChI=1S/C83H148O17P2/c1-5-9-13-17-21-25-29-32-35-37-38-40-43-45-49-52-56-60-64-68-81(86)94-74-79(100-83(88)70-66-62-58-54-50-46-41-34-31-27-23-19-15-11-7-3)76-98-102(91,92)96-72-77(84)71-95-101(89,90)97-75-78(99-82(87)69-65-61-57-53-47-28-24-20-16-12-8-4)73-93-80(85)67-63-59-55-51-48-44-42-39-36-33-30-26-22-18-14-10-6-2/h10,14,21-22,25-26,32-36,38,40-41,77-79,84H,5-9,11-13,15-20,23-24,27-31,37,39,42-76H2,1-4H3,(H,89,90)(H,91,92)/b14-10-,25-21-,26-22-,35-32-,36-33-,40-38-,41-34-. The number of phosphoric ester groups is 2. The molecular weight excluding hydrogens is 1330 g/mol. The predicted molar refractivity (Wildman–Crippen MR) is 418 cm³/mol. The molecule has 0 fully saturated rings. The number of carbonyl (C=O) groups is 4. The smallest absolute Gasteiger partial charge is 0.462 e. The van der Waals surface area contributed by atoms with Crippen molar-refractivity contribution in [2.45, 2.75) is 380 Å². The summed E-state index contributed by atoms with van der Waals surface area (Å²) in [6.07, 6.45) is 78.4. The topological polar surface area (TPSA) is 237 Å². The zero-order chi connectivity index (χ0) is 74.6. The summed E-state index contributed by atoms with van der Waals surface area (Å²) in [7, 11) is -9.95. The van der Waals surface area contributed by atoms with Crippen molar-refractivity contribution in [3.8, 4) is 0 Å². The highest BCUT2D eigenvalue weighted by atomic mass is 31.2. The molecule has 0 aromatic heterocycles. The molecule has 0 aliphatic carbocycles. The van der Waals surface area contributed by atoms with E-state index in [0.717, 1.165) is 186 Å². The maximum Gasteiger partial charge on any atom is 0.472 e. The minimum absolute atomic E-state index is 0.0843. The number of ether oxygens (including phenoxy) is 4. The second-order valence-electron chi connectivity index (χ2n) is 27.3. The maximum atomic E-state index is 13.1. The first kappa shape index (κ1) is 98.2. The van der Waals surface area contributed by atoms with Crippen molar-refractivity contribution >= 4 is 39.5 Å². The van der Waals surface area contributed by atoms with E-state index in [-0.39, 0.29) is 25.7 Å². The highest BCUT2D eigenvalue weighted by Crippen LogP contribution is 2.45. The lowest BCUT2D eigenvalue weighted by atomic mass is 10.1. The van der Waals surface area contributed by atoms with Crippen LogP contribution in [0.3, 0.4) is 0 Å². The Bertz CT molecular complexity index is 2260. The predicted octanol–water partition coefficient (Wildman–Crippen LogP) is 23.8. The molecule has 0 amide bonds. The molecule has 592 valence electrons. The van der Waals surface area contributed by atoms with Gasteiger partial charge in [0.2, 0.25) is 0 Å². The van der Waals surface area contributed by atoms with Gasteiger partial charge in [0.25, 0.3) is 0 Å². The summed E-state index contributed by atoms with van der Waals surface area (Å²) in [4.78, 5) is 73.0. The number of esters is 4. The fourth-order valence-electron chi connectivity index (χ4n) is 11.1. The summed E-state index contributed by atoms with van der Waals surface area (Å²) in [6.45, 7) is 4.75. The van der Waals surface area contributed by atoms with Gasteiger partial charge in [-0.25, -0.2) is 9.13 Å². The Morgan fingerprint density at radius 1 is 0.284 bits per heavy atom. The minimum atomic E-state index is -4.98. The van der Waals surface area contributed by atoms with Gasteiger partial charge >= 0.3 is 39.5 Å². The molecule has 5 atom stereocenters. The summed E-state index contributed by atoms with van der Waals surface area (Å²) in [5.74, 6) is -2.18. The van der Waals surface area contributed by atoms with Crippen LogP contribution >= 0.6 is 15.6 Å². The molecule has 0 aliphatic rings. The number of hydrogen-bond donors (Lipinski definition) is 3. The van der Waals surface area contributed by atoms with E-state index in [2.05, 4.69) is 113 Å². The zero-order valence-corrected chi connectivity index (χ0v) is 66.6. The number of carbonyl (C=O) groups excluding carboxylic acids is 4. The molecule has 0 bridgehead atoms. The van der Waals surface area contributed by atoms with Crippen molar-refractivity contribution in [1.82, 2.24) is 0 Å². The quantitative estimate of drug-likeness (QED) is 0.0169. The third-order valence-corrected chi connectivity index (χ3v) is 19.2. The summed E-state index contributed by atoms with van der Waals surface area (Å²) in [5.41, 5.74) is 0. The molecule has 0 saturated heterocycles. The normalized spacial score (nSPS) is 14.3. The third-order valence-electron chi connectivity index (χ3n) is 17.3. The lowest BCUT2D eigenvalue weighted by Gasteiger charge is -2.21. The SMILES string of the molecule is CC/C=C\C/C=C\C/C=C\CCCCCCCCCC(=O)OCC(COP(=O)(O)OCC(O)COP(=O)(O)OCC(COC(=O)CCCCCCCC/C=C\C/C=C\C/C=C\CCCCC)OC(=O)CCCCCCC/C=C\CCCCCCCC)OC(=O)CCCCCCCCCCCCC. The van der Waals surface area contributed by atoms with Gasteiger partial charge in [0.05, 0.1) is 26.4 Å². The van der Waals surface area contributed by atoms with Crippen LogP contribution < -0.4 is 0 Å². The fraction of sp³-hybridized carbons (Fsp3) is 0.783. The van der Waals surface area contributed by atoms with Gasteiger partial charge in [-0.15, -0.1) is 0 Å². The van der Waals surface area contributed by atoms with E-state index in [4.69, 9.17) is 37.0 Å². The number of allylic oxidation sites excluding steroid dienone is 14. The number of rotatable bonds is 77. The summed E-state index contributed by atoms with van der Waals surface area (Å²) >= 11 is 0. The molecule has 0 saturated carbocycles. The van der Waals surface area contributed by atoms with Crippen LogP contribution in [0.2, 0.25) is 0 Å². The van der Waals surface area contributed by atoms with Crippen molar-refractivity contribution in [2.75, 3.05) is 39.6 Å². The second kappa shape index (κ2) is 75.5. The Kier molecular flexibility index (Phi) is 72.7. The van der Waals surface area contributed by atoms with Crippen molar-refractivity contribution < 1.29 is 80.2 Å². The van der Waals surface area contributed by atoms with Gasteiger partial charge in [-0.2, -0.15) is 0 Å². The molecule has 0 aromatic rings. The van der Waals surface area contributed by atoms with Crippen LogP contribution in [0.1, 0.15) is 362 Å². The van der Waals surface area contributed by atoms with Crippen LogP contribution in [0.15, 0.2) is 85.1 Å². The monoisotopic (exact) mass is 1480 g/mol. The molecule has 5 unspecified atom stereocenters. The van der Waals surface area contributed by atoms with Crippen LogP contribution in [0.5, 0.6) is 0 Å². The van der Waals surface area contributed by atoms with E-state index in [1.165, 1.54) is 96.3 Å². The minimum Gasteiger partial charge on any atom is -0.462 e. The number of hydrogen-bond acceptors (Lipinski definition) is 15. The van der Waals surface area contributed by atoms with Crippen LogP contribution in [0.4, 0.5) is 0 Å². The average molecular weight is 1480 g/mol. The van der Waals surface area contributed by atoms with Crippen LogP contribution in [-0.2, 0) is 65.4 Å². The van der Waals surface area contributed by atoms with Gasteiger partial charge in [-0.3, -0.25) is 37.3 Å². The molecule has 102 heavy (non-hydrogen) atoms. The van der Waals surface area contributed by atoms with Gasteiger partial charge in [-0.1, -0.05) is 299 Å². The molecule has 0 aromatic carbocycles. The Labute approximate surface area is 621 Å². The molecule has 0 radical (unpaired) electrons. The van der Waals surface area contributed by atoms with Crippen LogP contribution in [-0.4, -0.2) is 96.7 Å². The fourth-order valence-corrected chi connectivity index (χ4v) is 12.7. The van der Waals surface area contributed by atoms with E-state index in [9.17, 15) is 43.2 Å². The van der Waals surface area contributed by atoms with E-state index in [1.54, 1.807) is 0 Å². The first-order valence-corrected chi connectivity index (χ1v) is 43.8. The van der Waals surface area contributed by atoms with Crippen molar-refractivity contribution in [2.24, 2.45) is 0 Å². The zero-order valence-electron chi connectivity index (χ0n) is 64.8. The highest BCUT2D eigenvalue weighted by molar-refractivity contribution is 7.47. The largest absolute Gasteiger partial charge is 0.472 e. The second-order valence-corrected chi connectivity index (χ2v) is 30.2. The molecule has 0 rings (SSSR count). The Morgan fingerprint density at radius 2 is 0.510 bits per heavy atom. The van der Waals surface area contributed by atoms with Gasteiger partial charge in [-0.05, 0) is 122 Å². The van der Waals surface area contributed by atoms with E-state index in [1.807, 2.05) is 0 Å². The lowest BCUT2D eigenvalue weighted by molar-refractivity contribution is -0.161. The number of phosphoric acid groups is 2. The van der Waals surface area contributed by atoms with Gasteiger partial charge in [0.1, 0.15) is 19.3 Å². The summed E-state index contributed by atoms with van der Waals surface area (Å²) in [5, 5.41) is 10.6. The molecule has 0 heterocycles. The van der Waals surface area contributed by atoms with Gasteiger partial charge in [0.15, 0.2) is 12.2 Å². The Hall–Kier alpha value is -3.76. The Morgan fingerprint density at radius 3 is 0.814 bits per heavy atom. The molecular formula is C83H148O17P2. The van der Waals surface area contributed by atoms with E-state index in [0.29, 0.717) is 25.7 Å². The lowest BCUT2D eigenvalue weighted by Crippen LogP contribution is -2.30. The van der Waals surface area contributed by atoms with Crippen molar-refractivity contribution in [3.05, 3.63) is 85.1 Å². The van der Waals surface area contributed by atoms with Gasteiger partial charge in [0, 0.05) is 25.7 Å². The molecule has 0 aliphatic heterocycles. The number of aliphatic hydroxyl groups is 1. The highest BCUT2D eigenvalue weighted by Gasteiger charge is 2.30. The Balaban J connectivity index is 5.31. The van der Waals surface area contributed by atoms with Crippen LogP contribution in [0, 0.1) is 0 Å². The van der Waals surface area contributed by atoms with E-state index >= 15 is 0 Å². The van der Waals surface area contributed by atoms with Crippen molar-refractivity contribution in [1.29, 1.82) is 0 Å². The van der Waals surface area contributed by atoms with E-state index < -0.39 is 97.5 Å². The molecule has 0 spiro atoms. The van der Waals surface area contributed by atoms with Crippen molar-refractivity contribution in [3.63, 3.8) is 0 Å². The average Bonchev–Trinajstić information content (AvgIpc) is 0.926. The molecule has 3 N–H and O–H groups in total. The summed E-state index contributed by atoms with van der Waals surface area (Å²) < 4.78 is 68.6.